The summed E-state index contributed by atoms with van der Waals surface area (Å²) in [6.45, 7) is 4.22. The standard InChI is InChI=1S/C17H22N2O4/c1-12-17(21)19(14-4-2-3-5-15(14)23-12)8-6-16(20)18-10-13-7-9-22-11-13/h2-5,12-13H,6-11H2,1H3,(H,18,20)/t12-,13+/m0/s1. The molecule has 3 rings (SSSR count). The van der Waals surface area contributed by atoms with Crippen molar-refractivity contribution in [3.05, 3.63) is 24.3 Å². The highest BCUT2D eigenvalue weighted by Gasteiger charge is 2.31. The molecule has 124 valence electrons. The summed E-state index contributed by atoms with van der Waals surface area (Å²) in [5.41, 5.74) is 0.729. The first kappa shape index (κ1) is 15.8. The van der Waals surface area contributed by atoms with Crippen LogP contribution in [0.3, 0.4) is 0 Å². The number of anilines is 1. The molecule has 0 aliphatic carbocycles. The predicted octanol–water partition coefficient (Wildman–Crippen LogP) is 1.34. The van der Waals surface area contributed by atoms with E-state index in [9.17, 15) is 9.59 Å². The van der Waals surface area contributed by atoms with Crippen molar-refractivity contribution in [3.8, 4) is 5.75 Å². The highest BCUT2D eigenvalue weighted by atomic mass is 16.5. The molecule has 1 saturated heterocycles. The molecular weight excluding hydrogens is 296 g/mol. The first-order valence-electron chi connectivity index (χ1n) is 8.06. The Morgan fingerprint density at radius 2 is 2.22 bits per heavy atom. The molecule has 0 saturated carbocycles. The zero-order chi connectivity index (χ0) is 16.2. The molecule has 6 heteroatoms. The fraction of sp³-hybridized carbons (Fsp3) is 0.529. The minimum absolute atomic E-state index is 0.0404. The van der Waals surface area contributed by atoms with Crippen LogP contribution in [0.1, 0.15) is 19.8 Å². The highest BCUT2D eigenvalue weighted by molar-refractivity contribution is 6.00. The molecule has 1 N–H and O–H groups in total. The first-order chi connectivity index (χ1) is 11.1. The Morgan fingerprint density at radius 3 is 3.00 bits per heavy atom. The number of ether oxygens (including phenoxy) is 2. The van der Waals surface area contributed by atoms with E-state index in [0.717, 1.165) is 18.7 Å². The summed E-state index contributed by atoms with van der Waals surface area (Å²) >= 11 is 0. The summed E-state index contributed by atoms with van der Waals surface area (Å²) in [7, 11) is 0. The lowest BCUT2D eigenvalue weighted by Gasteiger charge is -2.32. The Bertz CT molecular complexity index is 584. The topological polar surface area (TPSA) is 67.9 Å². The number of benzene rings is 1. The Balaban J connectivity index is 1.56. The second-order valence-corrected chi connectivity index (χ2v) is 6.00. The third-order valence-electron chi connectivity index (χ3n) is 4.25. The molecule has 2 aliphatic rings. The average Bonchev–Trinajstić information content (AvgIpc) is 3.07. The molecule has 0 unspecified atom stereocenters. The number of para-hydroxylation sites is 2. The summed E-state index contributed by atoms with van der Waals surface area (Å²) in [5, 5.41) is 2.93. The van der Waals surface area contributed by atoms with E-state index in [1.165, 1.54) is 0 Å². The largest absolute Gasteiger partial charge is 0.479 e. The summed E-state index contributed by atoms with van der Waals surface area (Å²) in [5.74, 6) is 0.940. The second kappa shape index (κ2) is 7.00. The predicted molar refractivity (Wildman–Crippen MR) is 85.4 cm³/mol. The molecule has 6 nitrogen and oxygen atoms in total. The van der Waals surface area contributed by atoms with Gasteiger partial charge in [-0.25, -0.2) is 0 Å². The van der Waals surface area contributed by atoms with Crippen molar-refractivity contribution < 1.29 is 19.1 Å². The third kappa shape index (κ3) is 3.64. The molecule has 1 fully saturated rings. The van der Waals surface area contributed by atoms with E-state index in [1.54, 1.807) is 11.8 Å². The van der Waals surface area contributed by atoms with E-state index < -0.39 is 6.10 Å². The van der Waals surface area contributed by atoms with E-state index in [1.807, 2.05) is 24.3 Å². The van der Waals surface area contributed by atoms with Crippen molar-refractivity contribution >= 4 is 17.5 Å². The average molecular weight is 318 g/mol. The van der Waals surface area contributed by atoms with E-state index in [2.05, 4.69) is 5.32 Å². The highest BCUT2D eigenvalue weighted by Crippen LogP contribution is 2.33. The molecule has 2 heterocycles. The van der Waals surface area contributed by atoms with Gasteiger partial charge in [0.25, 0.3) is 5.91 Å². The Labute approximate surface area is 135 Å². The molecule has 23 heavy (non-hydrogen) atoms. The number of amides is 2. The number of carbonyl (C=O) groups excluding carboxylic acids is 2. The molecule has 1 aromatic rings. The lowest BCUT2D eigenvalue weighted by molar-refractivity contribution is -0.125. The van der Waals surface area contributed by atoms with E-state index >= 15 is 0 Å². The lowest BCUT2D eigenvalue weighted by Crippen LogP contribution is -2.46. The second-order valence-electron chi connectivity index (χ2n) is 6.00. The summed E-state index contributed by atoms with van der Waals surface area (Å²) in [6.07, 6.45) is 0.747. The molecule has 0 bridgehead atoms. The number of hydrogen-bond acceptors (Lipinski definition) is 4. The van der Waals surface area contributed by atoms with Crippen LogP contribution in [-0.4, -0.2) is 44.2 Å². The Hall–Kier alpha value is -2.08. The van der Waals surface area contributed by atoms with Crippen LogP contribution in [-0.2, 0) is 14.3 Å². The number of carbonyl (C=O) groups is 2. The number of nitrogens with one attached hydrogen (secondary N) is 1. The normalized spacial score (nSPS) is 23.3. The molecule has 2 atom stereocenters. The zero-order valence-corrected chi connectivity index (χ0v) is 13.3. The summed E-state index contributed by atoms with van der Waals surface area (Å²) in [4.78, 5) is 26.0. The van der Waals surface area contributed by atoms with E-state index in [-0.39, 0.29) is 18.2 Å². The third-order valence-corrected chi connectivity index (χ3v) is 4.25. The van der Waals surface area contributed by atoms with Gasteiger partial charge in [-0.2, -0.15) is 0 Å². The number of hydrogen-bond donors (Lipinski definition) is 1. The number of fused-ring (bicyclic) bond motifs is 1. The Kier molecular flexibility index (Phi) is 4.81. The molecule has 0 radical (unpaired) electrons. The van der Waals surface area contributed by atoms with Gasteiger partial charge in [-0.05, 0) is 25.5 Å². The fourth-order valence-corrected chi connectivity index (χ4v) is 2.89. The van der Waals surface area contributed by atoms with Gasteiger partial charge >= 0.3 is 0 Å². The van der Waals surface area contributed by atoms with Gasteiger partial charge in [-0.15, -0.1) is 0 Å². The fourth-order valence-electron chi connectivity index (χ4n) is 2.89. The van der Waals surface area contributed by atoms with Crippen LogP contribution in [0.15, 0.2) is 24.3 Å². The van der Waals surface area contributed by atoms with Crippen LogP contribution in [0.4, 0.5) is 5.69 Å². The lowest BCUT2D eigenvalue weighted by atomic mass is 10.1. The van der Waals surface area contributed by atoms with Crippen LogP contribution in [0.5, 0.6) is 5.75 Å². The SMILES string of the molecule is C[C@@H]1Oc2ccccc2N(CCC(=O)NC[C@H]2CCOC2)C1=O. The molecule has 0 aromatic heterocycles. The van der Waals surface area contributed by atoms with Gasteiger partial charge < -0.3 is 19.7 Å². The molecule has 2 amide bonds. The van der Waals surface area contributed by atoms with Gasteiger partial charge in [0.2, 0.25) is 5.91 Å². The zero-order valence-electron chi connectivity index (χ0n) is 13.3. The molecule has 0 spiro atoms. The van der Waals surface area contributed by atoms with Crippen molar-refractivity contribution in [2.24, 2.45) is 5.92 Å². The molecule has 1 aromatic carbocycles. The molecular formula is C17H22N2O4. The van der Waals surface area contributed by atoms with Crippen LogP contribution in [0.25, 0.3) is 0 Å². The maximum absolute atomic E-state index is 12.3. The van der Waals surface area contributed by atoms with Gasteiger partial charge in [0.1, 0.15) is 5.75 Å². The maximum atomic E-state index is 12.3. The van der Waals surface area contributed by atoms with Crippen LogP contribution >= 0.6 is 0 Å². The van der Waals surface area contributed by atoms with Crippen molar-refractivity contribution in [2.45, 2.75) is 25.9 Å². The van der Waals surface area contributed by atoms with Crippen molar-refractivity contribution in [2.75, 3.05) is 31.2 Å². The van der Waals surface area contributed by atoms with Gasteiger partial charge in [-0.1, -0.05) is 12.1 Å². The minimum Gasteiger partial charge on any atom is -0.479 e. The van der Waals surface area contributed by atoms with E-state index in [0.29, 0.717) is 31.4 Å². The number of rotatable bonds is 5. The van der Waals surface area contributed by atoms with Crippen LogP contribution < -0.4 is 15.0 Å². The Morgan fingerprint density at radius 1 is 1.39 bits per heavy atom. The maximum Gasteiger partial charge on any atom is 0.267 e. The van der Waals surface area contributed by atoms with Crippen molar-refractivity contribution in [1.29, 1.82) is 0 Å². The van der Waals surface area contributed by atoms with Crippen molar-refractivity contribution in [1.82, 2.24) is 5.32 Å². The van der Waals surface area contributed by atoms with Gasteiger partial charge in [0.15, 0.2) is 6.10 Å². The monoisotopic (exact) mass is 318 g/mol. The van der Waals surface area contributed by atoms with Gasteiger partial charge in [0.05, 0.1) is 12.3 Å². The van der Waals surface area contributed by atoms with Crippen LogP contribution in [0, 0.1) is 5.92 Å². The summed E-state index contributed by atoms with van der Waals surface area (Å²) < 4.78 is 10.9. The van der Waals surface area contributed by atoms with Crippen LogP contribution in [0.2, 0.25) is 0 Å². The minimum atomic E-state index is -0.524. The quantitative estimate of drug-likeness (QED) is 0.890. The van der Waals surface area contributed by atoms with Gasteiger partial charge in [0, 0.05) is 32.0 Å². The summed E-state index contributed by atoms with van der Waals surface area (Å²) in [6, 6.07) is 7.41. The van der Waals surface area contributed by atoms with Crippen molar-refractivity contribution in [3.63, 3.8) is 0 Å². The first-order valence-corrected chi connectivity index (χ1v) is 8.06. The van der Waals surface area contributed by atoms with E-state index in [4.69, 9.17) is 9.47 Å². The smallest absolute Gasteiger partial charge is 0.267 e. The number of nitrogens with zero attached hydrogens (tertiary/aromatic N) is 1. The molecule has 2 aliphatic heterocycles. The van der Waals surface area contributed by atoms with Gasteiger partial charge in [-0.3, -0.25) is 9.59 Å².